The molecule has 0 spiro atoms. The van der Waals surface area contributed by atoms with Crippen LogP contribution in [0.5, 0.6) is 0 Å². The van der Waals surface area contributed by atoms with Gasteiger partial charge in [0.1, 0.15) is 5.50 Å². The number of alkyl halides is 1. The van der Waals surface area contributed by atoms with Gasteiger partial charge in [0.2, 0.25) is 0 Å². The Morgan fingerprint density at radius 1 is 1.19 bits per heavy atom. The van der Waals surface area contributed by atoms with E-state index in [-0.39, 0.29) is 11.7 Å². The first kappa shape index (κ1) is 13.5. The lowest BCUT2D eigenvalue weighted by Gasteiger charge is -2.22. The number of rotatable bonds is 7. The maximum atomic E-state index is 6.31. The van der Waals surface area contributed by atoms with Crippen LogP contribution < -0.4 is 10.6 Å². The van der Waals surface area contributed by atoms with Crippen molar-refractivity contribution in [3.05, 3.63) is 35.9 Å². The fourth-order valence-electron chi connectivity index (χ4n) is 1.53. The van der Waals surface area contributed by atoms with E-state index in [0.29, 0.717) is 0 Å². The van der Waals surface area contributed by atoms with Crippen molar-refractivity contribution in [2.24, 2.45) is 0 Å². The van der Waals surface area contributed by atoms with Gasteiger partial charge in [0.15, 0.2) is 0 Å². The van der Waals surface area contributed by atoms with Gasteiger partial charge in [-0.05, 0) is 24.9 Å². The van der Waals surface area contributed by atoms with Gasteiger partial charge in [0, 0.05) is 0 Å². The van der Waals surface area contributed by atoms with Crippen LogP contribution in [-0.4, -0.2) is 12.7 Å². The van der Waals surface area contributed by atoms with E-state index in [1.807, 2.05) is 30.3 Å². The van der Waals surface area contributed by atoms with Gasteiger partial charge in [-0.1, -0.05) is 44.2 Å². The van der Waals surface area contributed by atoms with E-state index < -0.39 is 0 Å². The van der Waals surface area contributed by atoms with Crippen LogP contribution in [0.15, 0.2) is 30.3 Å². The predicted molar refractivity (Wildman–Crippen MR) is 70.5 cm³/mol. The molecular formula is C13H21ClN2. The zero-order valence-corrected chi connectivity index (χ0v) is 10.8. The van der Waals surface area contributed by atoms with Crippen molar-refractivity contribution in [3.63, 3.8) is 0 Å². The molecule has 16 heavy (non-hydrogen) atoms. The largest absolute Gasteiger partial charge is 0.302 e. The first-order valence-electron chi connectivity index (χ1n) is 5.96. The lowest BCUT2D eigenvalue weighted by molar-refractivity contribution is 0.405. The van der Waals surface area contributed by atoms with Gasteiger partial charge in [-0.15, -0.1) is 11.6 Å². The number of halogens is 1. The average Bonchev–Trinajstić information content (AvgIpc) is 2.35. The molecule has 2 N–H and O–H groups in total. The van der Waals surface area contributed by atoms with E-state index in [2.05, 4.69) is 24.5 Å². The lowest BCUT2D eigenvalue weighted by Crippen LogP contribution is -2.42. The quantitative estimate of drug-likeness (QED) is 0.434. The number of benzene rings is 1. The maximum Gasteiger partial charge on any atom is 0.109 e. The number of hydrogen-bond acceptors (Lipinski definition) is 2. The van der Waals surface area contributed by atoms with Crippen LogP contribution in [0.25, 0.3) is 0 Å². The van der Waals surface area contributed by atoms with Crippen LogP contribution in [0.3, 0.4) is 0 Å². The summed E-state index contributed by atoms with van der Waals surface area (Å²) >= 11 is 6.31. The molecule has 90 valence electrons. The summed E-state index contributed by atoms with van der Waals surface area (Å²) < 4.78 is 0. The Morgan fingerprint density at radius 3 is 2.44 bits per heavy atom. The standard InChI is InChI=1S/C13H21ClN2/c1-3-10-15-12(4-2)16-13(14)11-8-6-5-7-9-11/h5-9,12-13,15-16H,3-4,10H2,1-2H3. The summed E-state index contributed by atoms with van der Waals surface area (Å²) in [5.41, 5.74) is 0.983. The zero-order chi connectivity index (χ0) is 11.8. The van der Waals surface area contributed by atoms with Crippen LogP contribution in [0, 0.1) is 0 Å². The first-order valence-corrected chi connectivity index (χ1v) is 6.40. The van der Waals surface area contributed by atoms with Gasteiger partial charge in [-0.2, -0.15) is 0 Å². The van der Waals surface area contributed by atoms with Crippen LogP contribution in [0.1, 0.15) is 37.8 Å². The van der Waals surface area contributed by atoms with E-state index >= 15 is 0 Å². The molecule has 3 heteroatoms. The van der Waals surface area contributed by atoms with Crippen molar-refractivity contribution >= 4 is 11.6 Å². The molecule has 0 radical (unpaired) electrons. The Labute approximate surface area is 103 Å². The molecule has 1 aromatic rings. The fourth-order valence-corrected chi connectivity index (χ4v) is 1.83. The third-order valence-corrected chi connectivity index (χ3v) is 2.87. The minimum Gasteiger partial charge on any atom is -0.302 e. The first-order chi connectivity index (χ1) is 7.77. The molecular weight excluding hydrogens is 220 g/mol. The summed E-state index contributed by atoms with van der Waals surface area (Å²) in [4.78, 5) is 0. The third-order valence-electron chi connectivity index (χ3n) is 2.49. The van der Waals surface area contributed by atoms with E-state index in [1.165, 1.54) is 0 Å². The van der Waals surface area contributed by atoms with Crippen molar-refractivity contribution in [2.45, 2.75) is 38.4 Å². The second-order valence-corrected chi connectivity index (χ2v) is 4.29. The number of hydrogen-bond donors (Lipinski definition) is 2. The van der Waals surface area contributed by atoms with Crippen molar-refractivity contribution in [3.8, 4) is 0 Å². The fraction of sp³-hybridized carbons (Fsp3) is 0.538. The molecule has 2 nitrogen and oxygen atoms in total. The summed E-state index contributed by atoms with van der Waals surface area (Å²) in [5, 5.41) is 6.80. The smallest absolute Gasteiger partial charge is 0.109 e. The molecule has 1 aromatic carbocycles. The van der Waals surface area contributed by atoms with E-state index in [0.717, 1.165) is 24.9 Å². The second-order valence-electron chi connectivity index (χ2n) is 3.85. The van der Waals surface area contributed by atoms with Crippen LogP contribution in [0.4, 0.5) is 0 Å². The Morgan fingerprint density at radius 2 is 1.88 bits per heavy atom. The molecule has 1 rings (SSSR count). The van der Waals surface area contributed by atoms with Gasteiger partial charge < -0.3 is 5.32 Å². The molecule has 0 saturated carbocycles. The molecule has 2 unspecified atom stereocenters. The summed E-state index contributed by atoms with van der Waals surface area (Å²) in [5.74, 6) is 0. The predicted octanol–water partition coefficient (Wildman–Crippen LogP) is 3.25. The van der Waals surface area contributed by atoms with Gasteiger partial charge in [0.05, 0.1) is 6.17 Å². The second kappa shape index (κ2) is 7.66. The Hall–Kier alpha value is -0.570. The zero-order valence-electron chi connectivity index (χ0n) is 10.0. The average molecular weight is 241 g/mol. The van der Waals surface area contributed by atoms with E-state index in [4.69, 9.17) is 11.6 Å². The highest BCUT2D eigenvalue weighted by Crippen LogP contribution is 2.17. The minimum absolute atomic E-state index is 0.129. The van der Waals surface area contributed by atoms with Crippen LogP contribution in [0.2, 0.25) is 0 Å². The highest BCUT2D eigenvalue weighted by molar-refractivity contribution is 6.20. The monoisotopic (exact) mass is 240 g/mol. The van der Waals surface area contributed by atoms with Crippen molar-refractivity contribution in [1.82, 2.24) is 10.6 Å². The van der Waals surface area contributed by atoms with Gasteiger partial charge in [0.25, 0.3) is 0 Å². The van der Waals surface area contributed by atoms with Crippen LogP contribution >= 0.6 is 11.6 Å². The normalized spacial score (nSPS) is 14.7. The summed E-state index contributed by atoms with van der Waals surface area (Å²) in [7, 11) is 0. The highest BCUT2D eigenvalue weighted by atomic mass is 35.5. The van der Waals surface area contributed by atoms with E-state index in [9.17, 15) is 0 Å². The molecule has 0 heterocycles. The van der Waals surface area contributed by atoms with Crippen molar-refractivity contribution in [2.75, 3.05) is 6.54 Å². The van der Waals surface area contributed by atoms with Gasteiger partial charge in [-0.3, -0.25) is 5.32 Å². The Bertz CT molecular complexity index is 277. The van der Waals surface area contributed by atoms with Crippen LogP contribution in [-0.2, 0) is 0 Å². The summed E-state index contributed by atoms with van der Waals surface area (Å²) in [6.45, 7) is 5.33. The molecule has 2 atom stereocenters. The van der Waals surface area contributed by atoms with Gasteiger partial charge >= 0.3 is 0 Å². The SMILES string of the molecule is CCCNC(CC)NC(Cl)c1ccccc1. The molecule has 0 fully saturated rings. The number of nitrogens with one attached hydrogen (secondary N) is 2. The molecule has 0 amide bonds. The lowest BCUT2D eigenvalue weighted by atomic mass is 10.2. The third kappa shape index (κ3) is 4.52. The van der Waals surface area contributed by atoms with Crippen molar-refractivity contribution in [1.29, 1.82) is 0 Å². The highest BCUT2D eigenvalue weighted by Gasteiger charge is 2.11. The Balaban J connectivity index is 2.45. The molecule has 0 aromatic heterocycles. The Kier molecular flexibility index (Phi) is 6.46. The molecule has 0 aliphatic rings. The molecule has 0 aliphatic heterocycles. The summed E-state index contributed by atoms with van der Waals surface area (Å²) in [6, 6.07) is 10.1. The summed E-state index contributed by atoms with van der Waals surface area (Å²) in [6.07, 6.45) is 2.44. The topological polar surface area (TPSA) is 24.1 Å². The van der Waals surface area contributed by atoms with E-state index in [1.54, 1.807) is 0 Å². The molecule has 0 bridgehead atoms. The minimum atomic E-state index is -0.129. The van der Waals surface area contributed by atoms with Gasteiger partial charge in [-0.25, -0.2) is 0 Å². The molecule has 0 saturated heterocycles. The molecule has 0 aliphatic carbocycles. The maximum absolute atomic E-state index is 6.31. The van der Waals surface area contributed by atoms with Crippen molar-refractivity contribution < 1.29 is 0 Å².